The average Bonchev–Trinajstić information content (AvgIpc) is 3.44. The first-order valence-corrected chi connectivity index (χ1v) is 35.7. The summed E-state index contributed by atoms with van der Waals surface area (Å²) in [5.41, 5.74) is 0. The lowest BCUT2D eigenvalue weighted by atomic mass is 10.0. The molecule has 1 atom stereocenters. The molecule has 0 saturated carbocycles. The molecule has 6 heteroatoms. The minimum absolute atomic E-state index is 0.0641. The Labute approximate surface area is 488 Å². The summed E-state index contributed by atoms with van der Waals surface area (Å²) in [6, 6.07) is 0. The minimum Gasteiger partial charge on any atom is -0.462 e. The molecule has 0 aliphatic heterocycles. The standard InChI is InChI=1S/C72H138O6/c1-4-7-10-13-16-19-22-25-28-31-34-36-37-39-41-44-47-50-53-56-59-62-65-71(74)77-68-69(67-76-70(73)64-61-58-55-52-49-46-43-40-33-30-27-24-21-18-15-12-9-6-3)78-72(75)66-63-60-57-54-51-48-45-42-38-35-32-29-26-23-20-17-14-11-8-5-2/h30,33,69H,4-29,31-32,34-68H2,1-3H3/b33-30-. The molecule has 0 aromatic heterocycles. The van der Waals surface area contributed by atoms with Crippen LogP contribution in [0.25, 0.3) is 0 Å². The first-order valence-electron chi connectivity index (χ1n) is 35.7. The number of carbonyl (C=O) groups excluding carboxylic acids is 3. The van der Waals surface area contributed by atoms with E-state index in [0.29, 0.717) is 19.3 Å². The lowest BCUT2D eigenvalue weighted by Gasteiger charge is -2.18. The van der Waals surface area contributed by atoms with Crippen molar-refractivity contribution in [3.8, 4) is 0 Å². The predicted molar refractivity (Wildman–Crippen MR) is 340 cm³/mol. The Bertz CT molecular complexity index is 1210. The van der Waals surface area contributed by atoms with Gasteiger partial charge in [-0.05, 0) is 44.9 Å². The summed E-state index contributed by atoms with van der Waals surface area (Å²) >= 11 is 0. The summed E-state index contributed by atoms with van der Waals surface area (Å²) in [6.45, 7) is 6.73. The van der Waals surface area contributed by atoms with Gasteiger partial charge in [0.25, 0.3) is 0 Å². The van der Waals surface area contributed by atoms with Crippen LogP contribution in [0.1, 0.15) is 412 Å². The number of esters is 3. The molecule has 0 N–H and O–H groups in total. The number of hydrogen-bond donors (Lipinski definition) is 0. The third-order valence-electron chi connectivity index (χ3n) is 16.5. The van der Waals surface area contributed by atoms with Crippen molar-refractivity contribution >= 4 is 17.9 Å². The number of hydrogen-bond acceptors (Lipinski definition) is 6. The van der Waals surface area contributed by atoms with Crippen molar-refractivity contribution in [1.82, 2.24) is 0 Å². The summed E-state index contributed by atoms with van der Waals surface area (Å²) in [6.07, 6.45) is 80.9. The van der Waals surface area contributed by atoms with Crippen LogP contribution in [0.3, 0.4) is 0 Å². The molecular formula is C72H138O6. The summed E-state index contributed by atoms with van der Waals surface area (Å²) in [5.74, 6) is -0.831. The van der Waals surface area contributed by atoms with Gasteiger partial charge in [-0.25, -0.2) is 0 Å². The second-order valence-electron chi connectivity index (χ2n) is 24.5. The molecular weight excluding hydrogens is 961 g/mol. The smallest absolute Gasteiger partial charge is 0.306 e. The third-order valence-corrected chi connectivity index (χ3v) is 16.5. The monoisotopic (exact) mass is 1100 g/mol. The highest BCUT2D eigenvalue weighted by Gasteiger charge is 2.19. The number of rotatable bonds is 67. The van der Waals surface area contributed by atoms with Gasteiger partial charge in [-0.1, -0.05) is 360 Å². The highest BCUT2D eigenvalue weighted by Crippen LogP contribution is 2.19. The maximum absolute atomic E-state index is 13.0. The van der Waals surface area contributed by atoms with Crippen molar-refractivity contribution in [2.45, 2.75) is 419 Å². The Morgan fingerprint density at radius 3 is 0.641 bits per heavy atom. The fourth-order valence-corrected chi connectivity index (χ4v) is 11.2. The van der Waals surface area contributed by atoms with Crippen LogP contribution in [0.2, 0.25) is 0 Å². The molecule has 0 fully saturated rings. The summed E-state index contributed by atoms with van der Waals surface area (Å²) in [5, 5.41) is 0. The molecule has 462 valence electrons. The van der Waals surface area contributed by atoms with Gasteiger partial charge in [0.05, 0.1) is 0 Å². The van der Waals surface area contributed by atoms with E-state index in [1.807, 2.05) is 0 Å². The number of carbonyl (C=O) groups is 3. The van der Waals surface area contributed by atoms with Crippen molar-refractivity contribution in [3.63, 3.8) is 0 Å². The average molecular weight is 1100 g/mol. The van der Waals surface area contributed by atoms with Gasteiger partial charge in [0, 0.05) is 19.3 Å². The molecule has 0 rings (SSSR count). The normalized spacial score (nSPS) is 12.0. The highest BCUT2D eigenvalue weighted by molar-refractivity contribution is 5.71. The largest absolute Gasteiger partial charge is 0.462 e. The first-order chi connectivity index (χ1) is 38.5. The van der Waals surface area contributed by atoms with Crippen molar-refractivity contribution in [1.29, 1.82) is 0 Å². The zero-order valence-corrected chi connectivity index (χ0v) is 53.2. The van der Waals surface area contributed by atoms with Gasteiger partial charge < -0.3 is 14.2 Å². The van der Waals surface area contributed by atoms with Crippen molar-refractivity contribution < 1.29 is 28.6 Å². The topological polar surface area (TPSA) is 78.9 Å². The number of allylic oxidation sites excluding steroid dienone is 2. The zero-order chi connectivity index (χ0) is 56.4. The van der Waals surface area contributed by atoms with Crippen LogP contribution in [0.5, 0.6) is 0 Å². The van der Waals surface area contributed by atoms with Crippen LogP contribution in [-0.4, -0.2) is 37.2 Å². The van der Waals surface area contributed by atoms with Crippen molar-refractivity contribution in [2.24, 2.45) is 0 Å². The van der Waals surface area contributed by atoms with Gasteiger partial charge >= 0.3 is 17.9 Å². The predicted octanol–water partition coefficient (Wildman–Crippen LogP) is 24.4. The van der Waals surface area contributed by atoms with Gasteiger partial charge in [0.15, 0.2) is 6.10 Å². The lowest BCUT2D eigenvalue weighted by molar-refractivity contribution is -0.167. The Kier molecular flexibility index (Phi) is 66.0. The Hall–Kier alpha value is -1.85. The second kappa shape index (κ2) is 67.7. The molecule has 0 radical (unpaired) electrons. The molecule has 0 bridgehead atoms. The van der Waals surface area contributed by atoms with E-state index < -0.39 is 6.10 Å². The maximum Gasteiger partial charge on any atom is 0.306 e. The summed E-state index contributed by atoms with van der Waals surface area (Å²) < 4.78 is 17.0. The van der Waals surface area contributed by atoms with Gasteiger partial charge in [-0.3, -0.25) is 14.4 Å². The second-order valence-corrected chi connectivity index (χ2v) is 24.5. The van der Waals surface area contributed by atoms with Crippen LogP contribution in [0.4, 0.5) is 0 Å². The summed E-state index contributed by atoms with van der Waals surface area (Å²) in [4.78, 5) is 38.5. The number of unbranched alkanes of at least 4 members (excludes halogenated alkanes) is 54. The van der Waals surface area contributed by atoms with E-state index in [1.54, 1.807) is 0 Å². The van der Waals surface area contributed by atoms with Gasteiger partial charge in [-0.2, -0.15) is 0 Å². The highest BCUT2D eigenvalue weighted by atomic mass is 16.6. The molecule has 0 aromatic rings. The minimum atomic E-state index is -0.768. The quantitative estimate of drug-likeness (QED) is 0.0261. The SMILES string of the molecule is CCCCCCCCC/C=C\CCCCCCCCCC(=O)OCC(COC(=O)CCCCCCCCCCCCCCCCCCCCCCCC)OC(=O)CCCCCCCCCCCCCCCCCCCCCC. The number of ether oxygens (including phenoxy) is 3. The fourth-order valence-electron chi connectivity index (χ4n) is 11.2. The molecule has 0 aliphatic carbocycles. The van der Waals surface area contributed by atoms with Crippen LogP contribution >= 0.6 is 0 Å². The van der Waals surface area contributed by atoms with E-state index in [0.717, 1.165) is 57.8 Å². The molecule has 78 heavy (non-hydrogen) atoms. The molecule has 0 saturated heterocycles. The molecule has 0 spiro atoms. The molecule has 6 nitrogen and oxygen atoms in total. The Morgan fingerprint density at radius 2 is 0.423 bits per heavy atom. The molecule has 1 unspecified atom stereocenters. The third kappa shape index (κ3) is 65.0. The maximum atomic E-state index is 13.0. The van der Waals surface area contributed by atoms with E-state index in [4.69, 9.17) is 14.2 Å². The first kappa shape index (κ1) is 76.1. The molecule has 0 aromatic carbocycles. The molecule has 0 aliphatic rings. The van der Waals surface area contributed by atoms with Crippen LogP contribution in [-0.2, 0) is 28.6 Å². The van der Waals surface area contributed by atoms with E-state index in [-0.39, 0.29) is 31.1 Å². The van der Waals surface area contributed by atoms with Gasteiger partial charge in [-0.15, -0.1) is 0 Å². The molecule has 0 heterocycles. The summed E-state index contributed by atoms with van der Waals surface area (Å²) in [7, 11) is 0. The Morgan fingerprint density at radius 1 is 0.244 bits per heavy atom. The van der Waals surface area contributed by atoms with E-state index in [9.17, 15) is 14.4 Å². The zero-order valence-electron chi connectivity index (χ0n) is 53.2. The van der Waals surface area contributed by atoms with Crippen LogP contribution in [0.15, 0.2) is 12.2 Å². The van der Waals surface area contributed by atoms with E-state index in [2.05, 4.69) is 32.9 Å². The van der Waals surface area contributed by atoms with E-state index >= 15 is 0 Å². The van der Waals surface area contributed by atoms with Gasteiger partial charge in [0.2, 0.25) is 0 Å². The fraction of sp³-hybridized carbons (Fsp3) is 0.931. The van der Waals surface area contributed by atoms with Crippen LogP contribution < -0.4 is 0 Å². The van der Waals surface area contributed by atoms with Crippen molar-refractivity contribution in [3.05, 3.63) is 12.2 Å². The lowest BCUT2D eigenvalue weighted by Crippen LogP contribution is -2.30. The molecule has 0 amide bonds. The van der Waals surface area contributed by atoms with E-state index in [1.165, 1.54) is 315 Å². The Balaban J connectivity index is 4.28. The van der Waals surface area contributed by atoms with Crippen LogP contribution in [0, 0.1) is 0 Å². The van der Waals surface area contributed by atoms with Crippen molar-refractivity contribution in [2.75, 3.05) is 13.2 Å². The van der Waals surface area contributed by atoms with Gasteiger partial charge in [0.1, 0.15) is 13.2 Å².